The Morgan fingerprint density at radius 1 is 1.53 bits per heavy atom. The average Bonchev–Trinajstić information content (AvgIpc) is 2.81. The summed E-state index contributed by atoms with van der Waals surface area (Å²) in [7, 11) is 0. The summed E-state index contributed by atoms with van der Waals surface area (Å²) in [6.07, 6.45) is 1.70. The molecule has 1 unspecified atom stereocenters. The van der Waals surface area contributed by atoms with E-state index in [0.717, 1.165) is 22.4 Å². The molecule has 1 aliphatic heterocycles. The van der Waals surface area contributed by atoms with Crippen LogP contribution in [0.5, 0.6) is 11.5 Å². The summed E-state index contributed by atoms with van der Waals surface area (Å²) in [4.78, 5) is 0. The first kappa shape index (κ1) is 12.3. The molecular weight excluding hydrogens is 244 g/mol. The van der Waals surface area contributed by atoms with Crippen molar-refractivity contribution >= 4 is 10.9 Å². The molecule has 0 saturated heterocycles. The molecule has 2 heterocycles. The van der Waals surface area contributed by atoms with Gasteiger partial charge < -0.3 is 20.9 Å². The van der Waals surface area contributed by atoms with Crippen molar-refractivity contribution in [3.8, 4) is 11.5 Å². The first-order chi connectivity index (χ1) is 9.19. The van der Waals surface area contributed by atoms with Crippen molar-refractivity contribution in [2.75, 3.05) is 13.2 Å². The van der Waals surface area contributed by atoms with E-state index in [9.17, 15) is 0 Å². The van der Waals surface area contributed by atoms with Crippen LogP contribution in [-0.2, 0) is 6.54 Å². The molecule has 3 rings (SSSR count). The lowest BCUT2D eigenvalue weighted by molar-refractivity contribution is 0.0983. The van der Waals surface area contributed by atoms with Gasteiger partial charge in [-0.1, -0.05) is 0 Å². The van der Waals surface area contributed by atoms with Crippen molar-refractivity contribution in [1.29, 1.82) is 0 Å². The van der Waals surface area contributed by atoms with Gasteiger partial charge in [-0.2, -0.15) is 5.10 Å². The van der Waals surface area contributed by atoms with Gasteiger partial charge in [-0.15, -0.1) is 0 Å². The van der Waals surface area contributed by atoms with Crippen LogP contribution in [0.1, 0.15) is 6.92 Å². The van der Waals surface area contributed by atoms with E-state index in [4.69, 9.17) is 20.9 Å². The van der Waals surface area contributed by atoms with Gasteiger partial charge in [0.2, 0.25) is 0 Å². The third-order valence-corrected chi connectivity index (χ3v) is 3.15. The lowest BCUT2D eigenvalue weighted by atomic mass is 10.2. The third-order valence-electron chi connectivity index (χ3n) is 3.15. The molecule has 4 N–H and O–H groups in total. The summed E-state index contributed by atoms with van der Waals surface area (Å²) >= 11 is 0. The van der Waals surface area contributed by atoms with Crippen molar-refractivity contribution in [3.05, 3.63) is 18.3 Å². The summed E-state index contributed by atoms with van der Waals surface area (Å²) in [6, 6.07) is 3.90. The van der Waals surface area contributed by atoms with Crippen LogP contribution in [0.3, 0.4) is 0 Å². The van der Waals surface area contributed by atoms with E-state index in [1.165, 1.54) is 0 Å². The minimum atomic E-state index is -0.114. The van der Waals surface area contributed by atoms with Crippen molar-refractivity contribution in [1.82, 2.24) is 9.78 Å². The zero-order chi connectivity index (χ0) is 13.4. The fourth-order valence-electron chi connectivity index (χ4n) is 2.27. The molecule has 0 saturated carbocycles. The second-order valence-corrected chi connectivity index (χ2v) is 4.92. The Kier molecular flexibility index (Phi) is 3.04. The molecule has 0 radical (unpaired) electrons. The summed E-state index contributed by atoms with van der Waals surface area (Å²) in [5, 5.41) is 5.38. The van der Waals surface area contributed by atoms with Gasteiger partial charge in [-0.05, 0) is 19.1 Å². The van der Waals surface area contributed by atoms with E-state index in [1.807, 2.05) is 29.9 Å². The first-order valence-electron chi connectivity index (χ1n) is 6.42. The first-order valence-corrected chi connectivity index (χ1v) is 6.42. The number of benzene rings is 1. The fourth-order valence-corrected chi connectivity index (χ4v) is 2.27. The zero-order valence-electron chi connectivity index (χ0n) is 10.9. The molecule has 6 heteroatoms. The number of nitrogens with zero attached hydrogens (tertiary/aromatic N) is 2. The lowest BCUT2D eigenvalue weighted by Gasteiger charge is -2.26. The van der Waals surface area contributed by atoms with Crippen molar-refractivity contribution in [2.45, 2.75) is 25.6 Å². The number of rotatable bonds is 3. The van der Waals surface area contributed by atoms with Gasteiger partial charge in [0.25, 0.3) is 0 Å². The van der Waals surface area contributed by atoms with Crippen LogP contribution < -0.4 is 20.9 Å². The highest BCUT2D eigenvalue weighted by Crippen LogP contribution is 2.38. The Bertz CT molecular complexity index is 594. The summed E-state index contributed by atoms with van der Waals surface area (Å²) in [5.74, 6) is 1.46. The highest BCUT2D eigenvalue weighted by atomic mass is 16.6. The van der Waals surface area contributed by atoms with E-state index >= 15 is 0 Å². The molecule has 2 aromatic rings. The quantitative estimate of drug-likeness (QED) is 0.840. The Morgan fingerprint density at radius 2 is 2.37 bits per heavy atom. The predicted molar refractivity (Wildman–Crippen MR) is 72.3 cm³/mol. The maximum absolute atomic E-state index is 5.92. The molecule has 1 aromatic carbocycles. The van der Waals surface area contributed by atoms with Crippen LogP contribution in [0.25, 0.3) is 10.9 Å². The van der Waals surface area contributed by atoms with E-state index < -0.39 is 0 Å². The SMILES string of the molecule is C[C@H](N)Cn1ncc2ccc3c(c21)OC(CN)CO3. The predicted octanol–water partition coefficient (Wildman–Crippen LogP) is 0.482. The molecule has 0 amide bonds. The van der Waals surface area contributed by atoms with Crippen LogP contribution in [0.4, 0.5) is 0 Å². The molecule has 0 spiro atoms. The molecule has 1 aromatic heterocycles. The van der Waals surface area contributed by atoms with E-state index in [-0.39, 0.29) is 12.1 Å². The van der Waals surface area contributed by atoms with E-state index in [1.54, 1.807) is 0 Å². The number of hydrogen-bond donors (Lipinski definition) is 2. The second kappa shape index (κ2) is 4.71. The van der Waals surface area contributed by atoms with Gasteiger partial charge in [-0.25, -0.2) is 0 Å². The van der Waals surface area contributed by atoms with Crippen molar-refractivity contribution < 1.29 is 9.47 Å². The third kappa shape index (κ3) is 2.13. The number of nitrogens with two attached hydrogens (primary N) is 2. The van der Waals surface area contributed by atoms with Gasteiger partial charge in [0.15, 0.2) is 11.5 Å². The Morgan fingerprint density at radius 3 is 3.11 bits per heavy atom. The standard InChI is InChI=1S/C13H18N4O2/c1-8(15)6-17-12-9(5-16-17)2-3-11-13(12)19-10(4-14)7-18-11/h2-3,5,8,10H,4,6-7,14-15H2,1H3/t8-,10?/m0/s1. The molecule has 0 fully saturated rings. The zero-order valence-corrected chi connectivity index (χ0v) is 10.9. The van der Waals surface area contributed by atoms with Crippen molar-refractivity contribution in [3.63, 3.8) is 0 Å². The largest absolute Gasteiger partial charge is 0.486 e. The van der Waals surface area contributed by atoms with Crippen LogP contribution >= 0.6 is 0 Å². The monoisotopic (exact) mass is 262 g/mol. The normalized spacial score (nSPS) is 19.6. The molecule has 6 nitrogen and oxygen atoms in total. The molecule has 19 heavy (non-hydrogen) atoms. The molecular formula is C13H18N4O2. The van der Waals surface area contributed by atoms with Gasteiger partial charge in [0, 0.05) is 18.0 Å². The number of hydrogen-bond acceptors (Lipinski definition) is 5. The van der Waals surface area contributed by atoms with Gasteiger partial charge in [0.05, 0.1) is 12.7 Å². The van der Waals surface area contributed by atoms with Gasteiger partial charge in [-0.3, -0.25) is 4.68 Å². The van der Waals surface area contributed by atoms with Gasteiger partial charge >= 0.3 is 0 Å². The van der Waals surface area contributed by atoms with E-state index in [0.29, 0.717) is 19.7 Å². The molecule has 0 aliphatic carbocycles. The second-order valence-electron chi connectivity index (χ2n) is 4.92. The smallest absolute Gasteiger partial charge is 0.187 e. The maximum atomic E-state index is 5.92. The average molecular weight is 262 g/mol. The van der Waals surface area contributed by atoms with Crippen LogP contribution in [0, 0.1) is 0 Å². The summed E-state index contributed by atoms with van der Waals surface area (Å²) in [6.45, 7) is 3.49. The highest BCUT2D eigenvalue weighted by molar-refractivity contribution is 5.87. The van der Waals surface area contributed by atoms with Crippen molar-refractivity contribution in [2.24, 2.45) is 11.5 Å². The lowest BCUT2D eigenvalue weighted by Crippen LogP contribution is -2.36. The Hall–Kier alpha value is -1.79. The minimum absolute atomic E-state index is 0.0220. The molecule has 102 valence electrons. The Balaban J connectivity index is 2.11. The highest BCUT2D eigenvalue weighted by Gasteiger charge is 2.24. The molecule has 1 aliphatic rings. The number of fused-ring (bicyclic) bond motifs is 3. The number of ether oxygens (including phenoxy) is 2. The Labute approximate surface area is 111 Å². The van der Waals surface area contributed by atoms with Crippen LogP contribution in [0.2, 0.25) is 0 Å². The minimum Gasteiger partial charge on any atom is -0.486 e. The topological polar surface area (TPSA) is 88.3 Å². The van der Waals surface area contributed by atoms with Crippen LogP contribution in [0.15, 0.2) is 18.3 Å². The number of aromatic nitrogens is 2. The summed E-state index contributed by atoms with van der Waals surface area (Å²) < 4.78 is 13.5. The molecule has 2 atom stereocenters. The summed E-state index contributed by atoms with van der Waals surface area (Å²) in [5.41, 5.74) is 12.4. The molecule has 0 bridgehead atoms. The van der Waals surface area contributed by atoms with E-state index in [2.05, 4.69) is 5.10 Å². The van der Waals surface area contributed by atoms with Crippen LogP contribution in [-0.4, -0.2) is 35.1 Å². The van der Waals surface area contributed by atoms with Gasteiger partial charge in [0.1, 0.15) is 18.2 Å². The fraction of sp³-hybridized carbons (Fsp3) is 0.462. The maximum Gasteiger partial charge on any atom is 0.187 e.